The monoisotopic (exact) mass is 240 g/mol. The molecule has 0 aromatic heterocycles. The van der Waals surface area contributed by atoms with Crippen molar-refractivity contribution in [3.63, 3.8) is 0 Å². The fourth-order valence-electron chi connectivity index (χ4n) is 3.12. The van der Waals surface area contributed by atoms with Gasteiger partial charge in [-0.3, -0.25) is 4.79 Å². The molecule has 16 heavy (non-hydrogen) atoms. The minimum Gasteiger partial charge on any atom is -0.299 e. The summed E-state index contributed by atoms with van der Waals surface area (Å²) in [5.41, 5.74) is 0.755. The van der Waals surface area contributed by atoms with Crippen molar-refractivity contribution in [2.75, 3.05) is 0 Å². The Balaban J connectivity index is 2.61. The van der Waals surface area contributed by atoms with Crippen molar-refractivity contribution in [2.24, 2.45) is 5.92 Å². The van der Waals surface area contributed by atoms with E-state index >= 15 is 0 Å². The summed E-state index contributed by atoms with van der Waals surface area (Å²) in [5, 5.41) is 0. The molecule has 0 amide bonds. The van der Waals surface area contributed by atoms with Crippen molar-refractivity contribution in [3.8, 4) is 0 Å². The minimum atomic E-state index is -1.14. The van der Waals surface area contributed by atoms with Crippen LogP contribution >= 0.6 is 0 Å². The molecule has 1 nitrogen and oxygen atoms in total. The van der Waals surface area contributed by atoms with Crippen LogP contribution in [0, 0.1) is 5.92 Å². The number of unbranched alkanes of at least 4 members (excludes halogenated alkanes) is 2. The van der Waals surface area contributed by atoms with Crippen LogP contribution in [-0.4, -0.2) is 13.9 Å². The van der Waals surface area contributed by atoms with Crippen LogP contribution in [0.3, 0.4) is 0 Å². The van der Waals surface area contributed by atoms with Gasteiger partial charge in [-0.2, -0.15) is 0 Å². The molecule has 1 aliphatic carbocycles. The minimum absolute atomic E-state index is 0.423. The van der Waals surface area contributed by atoms with Crippen molar-refractivity contribution in [2.45, 2.75) is 77.1 Å². The fraction of sp³-hybridized carbons (Fsp3) is 0.929. The van der Waals surface area contributed by atoms with E-state index in [0.29, 0.717) is 11.7 Å². The number of hydrogen-bond donors (Lipinski definition) is 0. The van der Waals surface area contributed by atoms with E-state index in [2.05, 4.69) is 26.6 Å². The molecule has 0 aromatic rings. The molecule has 1 saturated carbocycles. The summed E-state index contributed by atoms with van der Waals surface area (Å²) in [4.78, 5) is 12.1. The molecule has 94 valence electrons. The number of Topliss-reactive ketones (excluding diaryl/α,β-unsaturated/α-hetero) is 1. The maximum atomic E-state index is 12.1. The molecular formula is C14H28OSi. The van der Waals surface area contributed by atoms with Crippen LogP contribution in [-0.2, 0) is 4.79 Å². The molecule has 0 saturated heterocycles. The predicted octanol–water partition coefficient (Wildman–Crippen LogP) is 4.64. The Kier molecular flexibility index (Phi) is 5.23. The van der Waals surface area contributed by atoms with Gasteiger partial charge in [-0.15, -0.1) is 0 Å². The standard InChI is InChI=1S/C14H28OSi/c1-5-6-7-9-12-13(15)10-8-11-14(12)16(2,3)4/h12,14H,5-11H2,1-4H3/t12-,14-/m1/s1. The first-order valence-corrected chi connectivity index (χ1v) is 10.6. The van der Waals surface area contributed by atoms with Crippen LogP contribution in [0.5, 0.6) is 0 Å². The highest BCUT2D eigenvalue weighted by molar-refractivity contribution is 6.77. The zero-order valence-electron chi connectivity index (χ0n) is 11.5. The van der Waals surface area contributed by atoms with Crippen LogP contribution in [0.2, 0.25) is 25.2 Å². The van der Waals surface area contributed by atoms with Gasteiger partial charge in [0.05, 0.1) is 0 Å². The second-order valence-corrected chi connectivity index (χ2v) is 11.9. The third-order valence-corrected chi connectivity index (χ3v) is 6.98. The van der Waals surface area contributed by atoms with Crippen LogP contribution in [0.4, 0.5) is 0 Å². The number of hydrogen-bond acceptors (Lipinski definition) is 1. The van der Waals surface area contributed by atoms with Crippen molar-refractivity contribution >= 4 is 13.9 Å². The van der Waals surface area contributed by atoms with Gasteiger partial charge in [0.2, 0.25) is 0 Å². The number of ketones is 1. The van der Waals surface area contributed by atoms with Gasteiger partial charge in [-0.1, -0.05) is 52.2 Å². The van der Waals surface area contributed by atoms with E-state index in [-0.39, 0.29) is 0 Å². The first-order valence-electron chi connectivity index (χ1n) is 6.99. The average molecular weight is 240 g/mol. The van der Waals surface area contributed by atoms with Crippen LogP contribution < -0.4 is 0 Å². The van der Waals surface area contributed by atoms with Crippen molar-refractivity contribution in [3.05, 3.63) is 0 Å². The number of carbonyl (C=O) groups excluding carboxylic acids is 1. The zero-order chi connectivity index (χ0) is 12.2. The van der Waals surface area contributed by atoms with Crippen molar-refractivity contribution in [1.29, 1.82) is 0 Å². The van der Waals surface area contributed by atoms with E-state index in [9.17, 15) is 4.79 Å². The summed E-state index contributed by atoms with van der Waals surface area (Å²) >= 11 is 0. The molecule has 0 aromatic carbocycles. The van der Waals surface area contributed by atoms with E-state index in [1.54, 1.807) is 0 Å². The molecule has 0 aliphatic heterocycles. The summed E-state index contributed by atoms with van der Waals surface area (Å²) in [6.45, 7) is 9.54. The summed E-state index contributed by atoms with van der Waals surface area (Å²) in [5.74, 6) is 1.00. The van der Waals surface area contributed by atoms with Crippen LogP contribution in [0.1, 0.15) is 51.9 Å². The Morgan fingerprint density at radius 3 is 2.50 bits per heavy atom. The first kappa shape index (κ1) is 13.9. The normalized spacial score (nSPS) is 27.1. The highest BCUT2D eigenvalue weighted by atomic mass is 28.3. The second-order valence-electron chi connectivity index (χ2n) is 6.43. The van der Waals surface area contributed by atoms with E-state index in [1.165, 1.54) is 32.1 Å². The lowest BCUT2D eigenvalue weighted by atomic mass is 9.84. The van der Waals surface area contributed by atoms with E-state index in [1.807, 2.05) is 0 Å². The smallest absolute Gasteiger partial charge is 0.135 e. The molecule has 0 bridgehead atoms. The van der Waals surface area contributed by atoms with E-state index in [0.717, 1.165) is 18.4 Å². The van der Waals surface area contributed by atoms with Gasteiger partial charge in [0.1, 0.15) is 5.78 Å². The van der Waals surface area contributed by atoms with Crippen LogP contribution in [0.15, 0.2) is 0 Å². The molecule has 2 heteroatoms. The highest BCUT2D eigenvalue weighted by Crippen LogP contribution is 2.42. The Labute approximate surface area is 102 Å². The SMILES string of the molecule is CCCCC[C@@H]1C(=O)CCC[C@H]1[Si](C)(C)C. The summed E-state index contributed by atoms with van der Waals surface area (Å²) in [6, 6.07) is 0. The molecule has 0 spiro atoms. The van der Waals surface area contributed by atoms with Gasteiger partial charge < -0.3 is 0 Å². The molecule has 0 heterocycles. The lowest BCUT2D eigenvalue weighted by Gasteiger charge is -2.38. The van der Waals surface area contributed by atoms with Gasteiger partial charge in [-0.05, 0) is 18.4 Å². The summed E-state index contributed by atoms with van der Waals surface area (Å²) in [7, 11) is -1.14. The Hall–Kier alpha value is -0.113. The maximum Gasteiger partial charge on any atom is 0.135 e. The number of rotatable bonds is 5. The first-order chi connectivity index (χ1) is 7.46. The maximum absolute atomic E-state index is 12.1. The van der Waals surface area contributed by atoms with Gasteiger partial charge in [0, 0.05) is 20.4 Å². The average Bonchev–Trinajstić information content (AvgIpc) is 2.19. The summed E-state index contributed by atoms with van der Waals surface area (Å²) < 4.78 is 0. The molecule has 1 aliphatic rings. The third-order valence-electron chi connectivity index (χ3n) is 4.07. The Morgan fingerprint density at radius 2 is 1.94 bits per heavy atom. The van der Waals surface area contributed by atoms with E-state index < -0.39 is 8.07 Å². The van der Waals surface area contributed by atoms with E-state index in [4.69, 9.17) is 0 Å². The fourth-order valence-corrected chi connectivity index (χ4v) is 5.75. The zero-order valence-corrected chi connectivity index (χ0v) is 12.5. The largest absolute Gasteiger partial charge is 0.299 e. The van der Waals surface area contributed by atoms with Crippen LogP contribution in [0.25, 0.3) is 0 Å². The Morgan fingerprint density at radius 1 is 1.25 bits per heavy atom. The topological polar surface area (TPSA) is 17.1 Å². The lowest BCUT2D eigenvalue weighted by Crippen LogP contribution is -2.39. The highest BCUT2D eigenvalue weighted by Gasteiger charge is 2.38. The molecule has 1 rings (SSSR count). The lowest BCUT2D eigenvalue weighted by molar-refractivity contribution is -0.124. The molecule has 0 N–H and O–H groups in total. The van der Waals surface area contributed by atoms with Crippen molar-refractivity contribution < 1.29 is 4.79 Å². The van der Waals surface area contributed by atoms with Crippen molar-refractivity contribution in [1.82, 2.24) is 0 Å². The molecule has 1 fully saturated rings. The molecule has 0 radical (unpaired) electrons. The molecular weight excluding hydrogens is 212 g/mol. The van der Waals surface area contributed by atoms with Gasteiger partial charge in [0.25, 0.3) is 0 Å². The second kappa shape index (κ2) is 5.99. The van der Waals surface area contributed by atoms with Gasteiger partial charge >= 0.3 is 0 Å². The summed E-state index contributed by atoms with van der Waals surface area (Å²) in [6.07, 6.45) is 8.31. The molecule has 0 unspecified atom stereocenters. The number of carbonyl (C=O) groups is 1. The van der Waals surface area contributed by atoms with Gasteiger partial charge in [0.15, 0.2) is 0 Å². The molecule has 2 atom stereocenters. The predicted molar refractivity (Wildman–Crippen MR) is 73.6 cm³/mol. The van der Waals surface area contributed by atoms with Gasteiger partial charge in [-0.25, -0.2) is 0 Å². The third kappa shape index (κ3) is 3.72. The quantitative estimate of drug-likeness (QED) is 0.505. The Bertz CT molecular complexity index is 229.